The van der Waals surface area contributed by atoms with Gasteiger partial charge in [0.05, 0.1) is 6.04 Å². The molecule has 3 aliphatic heterocycles. The highest BCUT2D eigenvalue weighted by atomic mass is 19.1. The van der Waals surface area contributed by atoms with E-state index in [1.165, 1.54) is 30.0 Å². The molecule has 3 fully saturated rings. The fraction of sp³-hybridized carbons (Fsp3) is 0.296. The summed E-state index contributed by atoms with van der Waals surface area (Å²) in [6.07, 6.45) is 4.27. The Morgan fingerprint density at radius 2 is 1.47 bits per heavy atom. The fourth-order valence-electron chi connectivity index (χ4n) is 5.34. The van der Waals surface area contributed by atoms with Crippen molar-refractivity contribution in [3.63, 3.8) is 0 Å². The van der Waals surface area contributed by atoms with Crippen LogP contribution in [0.3, 0.4) is 0 Å². The SMILES string of the molecule is Fc1cccc(C=N[C@@H]2C3CCN(CC3)[C@H]2C(c2ccccc2)c2ccccc2)c1. The maximum absolute atomic E-state index is 13.7. The minimum atomic E-state index is -0.212. The van der Waals surface area contributed by atoms with Gasteiger partial charge in [-0.25, -0.2) is 4.39 Å². The molecule has 0 amide bonds. The third-order valence-corrected chi connectivity index (χ3v) is 6.73. The third kappa shape index (κ3) is 3.82. The maximum Gasteiger partial charge on any atom is 0.123 e. The zero-order valence-corrected chi connectivity index (χ0v) is 17.1. The molecule has 3 saturated heterocycles. The zero-order valence-electron chi connectivity index (χ0n) is 17.1. The van der Waals surface area contributed by atoms with Crippen LogP contribution in [0.15, 0.2) is 89.9 Å². The van der Waals surface area contributed by atoms with Crippen LogP contribution < -0.4 is 0 Å². The minimum Gasteiger partial charge on any atom is -0.297 e. The van der Waals surface area contributed by atoms with Gasteiger partial charge >= 0.3 is 0 Å². The van der Waals surface area contributed by atoms with E-state index in [9.17, 15) is 4.39 Å². The summed E-state index contributed by atoms with van der Waals surface area (Å²) >= 11 is 0. The van der Waals surface area contributed by atoms with Crippen LogP contribution in [0.25, 0.3) is 0 Å². The first-order valence-electron chi connectivity index (χ1n) is 10.9. The van der Waals surface area contributed by atoms with Gasteiger partial charge in [-0.15, -0.1) is 0 Å². The lowest BCUT2D eigenvalue weighted by molar-refractivity contribution is 0.0215. The number of hydrogen-bond donors (Lipinski definition) is 0. The molecule has 0 radical (unpaired) electrons. The lowest BCUT2D eigenvalue weighted by Gasteiger charge is -2.52. The summed E-state index contributed by atoms with van der Waals surface area (Å²) in [5, 5.41) is 0. The van der Waals surface area contributed by atoms with Gasteiger partial charge in [0.15, 0.2) is 0 Å². The molecule has 3 heterocycles. The van der Waals surface area contributed by atoms with Crippen LogP contribution >= 0.6 is 0 Å². The van der Waals surface area contributed by atoms with Crippen molar-refractivity contribution in [2.75, 3.05) is 13.1 Å². The van der Waals surface area contributed by atoms with Gasteiger partial charge in [0.1, 0.15) is 5.82 Å². The van der Waals surface area contributed by atoms with Crippen molar-refractivity contribution in [2.45, 2.75) is 30.8 Å². The van der Waals surface area contributed by atoms with Gasteiger partial charge in [0.25, 0.3) is 0 Å². The van der Waals surface area contributed by atoms with Crippen molar-refractivity contribution in [3.05, 3.63) is 107 Å². The molecule has 152 valence electrons. The topological polar surface area (TPSA) is 15.6 Å². The summed E-state index contributed by atoms with van der Waals surface area (Å²) in [6.45, 7) is 2.27. The van der Waals surface area contributed by atoms with Gasteiger partial charge in [-0.05, 0) is 60.7 Å². The number of nitrogens with zero attached hydrogens (tertiary/aromatic N) is 2. The highest BCUT2D eigenvalue weighted by molar-refractivity contribution is 5.79. The van der Waals surface area contributed by atoms with Gasteiger partial charge in [-0.1, -0.05) is 72.8 Å². The quantitative estimate of drug-likeness (QED) is 0.515. The lowest BCUT2D eigenvalue weighted by atomic mass is 9.71. The van der Waals surface area contributed by atoms with Crippen molar-refractivity contribution in [1.82, 2.24) is 4.90 Å². The molecule has 2 nitrogen and oxygen atoms in total. The number of rotatable bonds is 5. The molecule has 2 atom stereocenters. The number of piperidine rings is 3. The van der Waals surface area contributed by atoms with Crippen LogP contribution in [0.2, 0.25) is 0 Å². The third-order valence-electron chi connectivity index (χ3n) is 6.73. The van der Waals surface area contributed by atoms with Crippen LogP contribution in [0.4, 0.5) is 4.39 Å². The van der Waals surface area contributed by atoms with E-state index in [1.54, 1.807) is 12.1 Å². The van der Waals surface area contributed by atoms with Crippen molar-refractivity contribution in [3.8, 4) is 0 Å². The fourth-order valence-corrected chi connectivity index (χ4v) is 5.34. The van der Waals surface area contributed by atoms with Gasteiger partial charge in [0.2, 0.25) is 0 Å². The first kappa shape index (κ1) is 19.2. The molecule has 30 heavy (non-hydrogen) atoms. The number of halogens is 1. The van der Waals surface area contributed by atoms with E-state index >= 15 is 0 Å². The van der Waals surface area contributed by atoms with Crippen molar-refractivity contribution in [2.24, 2.45) is 10.9 Å². The Bertz CT molecular complexity index is 954. The summed E-state index contributed by atoms with van der Waals surface area (Å²) in [4.78, 5) is 7.73. The van der Waals surface area contributed by atoms with Crippen LogP contribution in [0.1, 0.15) is 35.4 Å². The predicted octanol–water partition coefficient (Wildman–Crippen LogP) is 5.54. The smallest absolute Gasteiger partial charge is 0.123 e. The molecule has 3 aliphatic rings. The van der Waals surface area contributed by atoms with Crippen molar-refractivity contribution < 1.29 is 4.39 Å². The Morgan fingerprint density at radius 1 is 0.833 bits per heavy atom. The standard InChI is InChI=1S/C27H27FN2/c28-24-13-7-8-20(18-24)19-29-26-23-14-16-30(17-15-23)27(26)25(21-9-3-1-4-10-21)22-11-5-2-6-12-22/h1-13,18-19,23,25-27H,14-17H2/t26-,27+/m1/s1. The van der Waals surface area contributed by atoms with Gasteiger partial charge in [-0.3, -0.25) is 9.89 Å². The van der Waals surface area contributed by atoms with Crippen LogP contribution in [0.5, 0.6) is 0 Å². The van der Waals surface area contributed by atoms with Crippen molar-refractivity contribution >= 4 is 6.21 Å². The Balaban J connectivity index is 1.55. The molecule has 0 unspecified atom stereocenters. The summed E-state index contributed by atoms with van der Waals surface area (Å²) in [6, 6.07) is 28.9. The van der Waals surface area contributed by atoms with E-state index in [4.69, 9.17) is 4.99 Å². The summed E-state index contributed by atoms with van der Waals surface area (Å²) in [5.41, 5.74) is 3.51. The molecule has 0 N–H and O–H groups in total. The van der Waals surface area contributed by atoms with E-state index in [2.05, 4.69) is 65.6 Å². The number of aliphatic imine (C=N–C) groups is 1. The number of fused-ring (bicyclic) bond motifs is 3. The second-order valence-corrected chi connectivity index (χ2v) is 8.49. The lowest BCUT2D eigenvalue weighted by Crippen LogP contribution is -2.59. The predicted molar refractivity (Wildman–Crippen MR) is 121 cm³/mol. The first-order chi connectivity index (χ1) is 14.8. The monoisotopic (exact) mass is 398 g/mol. The Morgan fingerprint density at radius 3 is 2.07 bits per heavy atom. The van der Waals surface area contributed by atoms with Crippen LogP contribution in [0, 0.1) is 11.7 Å². The molecule has 0 spiro atoms. The van der Waals surface area contributed by atoms with E-state index < -0.39 is 0 Å². The average Bonchev–Trinajstić information content (AvgIpc) is 2.81. The molecular formula is C27H27FN2. The van der Waals surface area contributed by atoms with Gasteiger partial charge < -0.3 is 0 Å². The largest absolute Gasteiger partial charge is 0.297 e. The second-order valence-electron chi connectivity index (χ2n) is 8.49. The highest BCUT2D eigenvalue weighted by Crippen LogP contribution is 2.43. The van der Waals surface area contributed by atoms with E-state index in [1.807, 2.05) is 12.3 Å². The Labute approximate surface area is 178 Å². The number of benzene rings is 3. The first-order valence-corrected chi connectivity index (χ1v) is 10.9. The molecular weight excluding hydrogens is 371 g/mol. The second kappa shape index (κ2) is 8.53. The van der Waals surface area contributed by atoms with E-state index in [-0.39, 0.29) is 17.8 Å². The summed E-state index contributed by atoms with van der Waals surface area (Å²) < 4.78 is 13.7. The average molecular weight is 399 g/mol. The Hall–Kier alpha value is -2.78. The van der Waals surface area contributed by atoms with Crippen LogP contribution in [-0.4, -0.2) is 36.3 Å². The molecule has 0 saturated carbocycles. The molecule has 2 bridgehead atoms. The van der Waals surface area contributed by atoms with Crippen molar-refractivity contribution in [1.29, 1.82) is 0 Å². The molecule has 0 aromatic heterocycles. The Kier molecular flexibility index (Phi) is 5.46. The van der Waals surface area contributed by atoms with E-state index in [0.717, 1.165) is 18.7 Å². The van der Waals surface area contributed by atoms with Gasteiger partial charge in [-0.2, -0.15) is 0 Å². The van der Waals surface area contributed by atoms with E-state index in [0.29, 0.717) is 12.0 Å². The number of hydrogen-bond acceptors (Lipinski definition) is 2. The van der Waals surface area contributed by atoms with Gasteiger partial charge in [0, 0.05) is 18.2 Å². The molecule has 3 aromatic rings. The maximum atomic E-state index is 13.7. The molecule has 0 aliphatic carbocycles. The molecule has 6 rings (SSSR count). The zero-order chi connectivity index (χ0) is 20.3. The normalized spacial score (nSPS) is 25.8. The molecule has 3 heteroatoms. The highest BCUT2D eigenvalue weighted by Gasteiger charge is 2.46. The molecule has 3 aromatic carbocycles. The minimum absolute atomic E-state index is 0.209. The summed E-state index contributed by atoms with van der Waals surface area (Å²) in [7, 11) is 0. The van der Waals surface area contributed by atoms with Crippen LogP contribution in [-0.2, 0) is 0 Å². The summed E-state index contributed by atoms with van der Waals surface area (Å²) in [5.74, 6) is 0.640.